The van der Waals surface area contributed by atoms with Crippen LogP contribution in [0.2, 0.25) is 0 Å². The van der Waals surface area contributed by atoms with E-state index in [0.29, 0.717) is 5.57 Å². The largest absolute Gasteiger partial charge is 0.355 e. The lowest BCUT2D eigenvalue weighted by molar-refractivity contribution is -0.116. The zero-order valence-electron chi connectivity index (χ0n) is 5.66. The number of likely N-dealkylation sites (N-methyl/N-ethyl adjacent to an activating group) is 1. The van der Waals surface area contributed by atoms with Gasteiger partial charge >= 0.3 is 0 Å². The van der Waals surface area contributed by atoms with E-state index < -0.39 is 0 Å². The summed E-state index contributed by atoms with van der Waals surface area (Å²) in [5.74, 6) is -0.0811. The molecular formula is C7H8N2O+. The number of nitrogens with one attached hydrogen (secondary N) is 1. The second-order valence-corrected chi connectivity index (χ2v) is 1.82. The van der Waals surface area contributed by atoms with Crippen LogP contribution in [0.4, 0.5) is 0 Å². The third kappa shape index (κ3) is 1.31. The van der Waals surface area contributed by atoms with E-state index in [2.05, 4.69) is 10.3 Å². The number of rotatable bonds is 1. The topological polar surface area (TPSA) is 43.2 Å². The van der Waals surface area contributed by atoms with Crippen molar-refractivity contribution in [1.29, 1.82) is 0 Å². The van der Waals surface area contributed by atoms with Crippen molar-refractivity contribution >= 4 is 12.1 Å². The van der Waals surface area contributed by atoms with Crippen LogP contribution in [0.25, 0.3) is 0 Å². The Hall–Kier alpha value is -1.38. The van der Waals surface area contributed by atoms with E-state index in [0.717, 1.165) is 0 Å². The van der Waals surface area contributed by atoms with Crippen molar-refractivity contribution in [3.8, 4) is 0 Å². The number of carbonyl (C=O) groups excluding carboxylic acids is 1. The predicted octanol–water partition coefficient (Wildman–Crippen LogP) is -0.407. The number of nitrogens with zero attached hydrogens (tertiary/aromatic N) is 1. The van der Waals surface area contributed by atoms with Crippen molar-refractivity contribution in [3.05, 3.63) is 23.9 Å². The molecule has 1 radical (unpaired) electrons. The smallest absolute Gasteiger partial charge is 0.251 e. The maximum Gasteiger partial charge on any atom is 0.251 e. The molecule has 0 atom stereocenters. The number of amides is 1. The third-order valence-electron chi connectivity index (χ3n) is 1.17. The molecule has 0 fully saturated rings. The Bertz CT molecular complexity index is 226. The number of carbonyl (C=O) groups is 1. The Kier molecular flexibility index (Phi) is 1.99. The lowest BCUT2D eigenvalue weighted by Gasteiger charge is -1.95. The SMILES string of the molecule is CNC(=O)C1=CC=[N+]C=C1. The number of hydrogen-bond donors (Lipinski definition) is 1. The van der Waals surface area contributed by atoms with Gasteiger partial charge in [0.25, 0.3) is 5.91 Å². The van der Waals surface area contributed by atoms with Crippen LogP contribution in [0, 0.1) is 0 Å². The van der Waals surface area contributed by atoms with Gasteiger partial charge in [-0.3, -0.25) is 4.79 Å². The van der Waals surface area contributed by atoms with E-state index in [9.17, 15) is 4.79 Å². The van der Waals surface area contributed by atoms with Crippen LogP contribution in [0.3, 0.4) is 0 Å². The van der Waals surface area contributed by atoms with Gasteiger partial charge in [0.1, 0.15) is 0 Å². The molecule has 1 rings (SSSR count). The summed E-state index contributed by atoms with van der Waals surface area (Å²) in [6, 6.07) is 0. The molecule has 0 aromatic carbocycles. The second-order valence-electron chi connectivity index (χ2n) is 1.82. The monoisotopic (exact) mass is 136 g/mol. The first-order valence-electron chi connectivity index (χ1n) is 2.96. The van der Waals surface area contributed by atoms with E-state index in [-0.39, 0.29) is 5.91 Å². The quantitative estimate of drug-likeness (QED) is 0.523. The van der Waals surface area contributed by atoms with Gasteiger partial charge in [0.15, 0.2) is 0 Å². The van der Waals surface area contributed by atoms with E-state index in [1.54, 1.807) is 31.6 Å². The molecule has 3 heteroatoms. The highest BCUT2D eigenvalue weighted by Gasteiger charge is 2.06. The first-order chi connectivity index (χ1) is 4.84. The average Bonchev–Trinajstić information content (AvgIpc) is 2.05. The highest BCUT2D eigenvalue weighted by Crippen LogP contribution is 1.96. The van der Waals surface area contributed by atoms with Gasteiger partial charge in [-0.05, 0) is 0 Å². The van der Waals surface area contributed by atoms with E-state index in [1.165, 1.54) is 0 Å². The normalized spacial score (nSPS) is 14.7. The van der Waals surface area contributed by atoms with Gasteiger partial charge in [0.05, 0.1) is 10.6 Å². The molecule has 0 saturated carbocycles. The average molecular weight is 136 g/mol. The molecule has 0 unspecified atom stereocenters. The molecule has 0 aliphatic carbocycles. The standard InChI is InChI=1S/C7H8N2O/c1-8-7(10)6-2-4-9-5-3-6/h2-5H,1H3,(H,8,10)/q+1. The van der Waals surface area contributed by atoms with E-state index in [4.69, 9.17) is 0 Å². The summed E-state index contributed by atoms with van der Waals surface area (Å²) < 4.78 is 0. The van der Waals surface area contributed by atoms with Crippen molar-refractivity contribution in [2.75, 3.05) is 7.05 Å². The molecular weight excluding hydrogens is 128 g/mol. The molecule has 0 aromatic heterocycles. The minimum Gasteiger partial charge on any atom is -0.355 e. The fourth-order valence-corrected chi connectivity index (χ4v) is 0.648. The third-order valence-corrected chi connectivity index (χ3v) is 1.17. The van der Waals surface area contributed by atoms with Crippen molar-refractivity contribution < 1.29 is 4.79 Å². The molecule has 0 bridgehead atoms. The molecule has 1 heterocycles. The Balaban J connectivity index is 2.74. The molecule has 1 aliphatic rings. The van der Waals surface area contributed by atoms with Gasteiger partial charge in [-0.1, -0.05) is 0 Å². The molecule has 0 aromatic rings. The zero-order valence-corrected chi connectivity index (χ0v) is 5.66. The number of allylic oxidation sites excluding steroid dienone is 1. The maximum absolute atomic E-state index is 10.9. The van der Waals surface area contributed by atoms with E-state index in [1.807, 2.05) is 0 Å². The fraction of sp³-hybridized carbons (Fsp3) is 0.143. The zero-order chi connectivity index (χ0) is 7.40. The summed E-state index contributed by atoms with van der Waals surface area (Å²) >= 11 is 0. The second kappa shape index (κ2) is 2.96. The predicted molar refractivity (Wildman–Crippen MR) is 39.5 cm³/mol. The van der Waals surface area contributed by atoms with Crippen molar-refractivity contribution in [2.45, 2.75) is 0 Å². The molecule has 10 heavy (non-hydrogen) atoms. The van der Waals surface area contributed by atoms with Gasteiger partial charge in [-0.15, -0.1) is 0 Å². The van der Waals surface area contributed by atoms with Gasteiger partial charge < -0.3 is 5.32 Å². The summed E-state index contributed by atoms with van der Waals surface area (Å²) in [6.45, 7) is 0. The number of hydrogen-bond acceptors (Lipinski definition) is 2. The Morgan fingerprint density at radius 3 is 3.00 bits per heavy atom. The highest BCUT2D eigenvalue weighted by atomic mass is 16.1. The fourth-order valence-electron chi connectivity index (χ4n) is 0.648. The minimum atomic E-state index is -0.0811. The summed E-state index contributed by atoms with van der Waals surface area (Å²) in [6.07, 6.45) is 6.51. The van der Waals surface area contributed by atoms with Crippen molar-refractivity contribution in [1.82, 2.24) is 10.3 Å². The highest BCUT2D eigenvalue weighted by molar-refractivity contribution is 6.00. The molecule has 1 aliphatic heterocycles. The summed E-state index contributed by atoms with van der Waals surface area (Å²) in [5.41, 5.74) is 0.637. The molecule has 1 N–H and O–H groups in total. The molecule has 0 saturated heterocycles. The van der Waals surface area contributed by atoms with Crippen LogP contribution < -0.4 is 10.3 Å². The lowest BCUT2D eigenvalue weighted by Crippen LogP contribution is -2.19. The van der Waals surface area contributed by atoms with Crippen molar-refractivity contribution in [2.24, 2.45) is 0 Å². The van der Waals surface area contributed by atoms with Gasteiger partial charge in [-0.25, -0.2) is 0 Å². The van der Waals surface area contributed by atoms with Crippen LogP contribution in [0.1, 0.15) is 0 Å². The first-order valence-corrected chi connectivity index (χ1v) is 2.96. The Morgan fingerprint density at radius 2 is 2.50 bits per heavy atom. The molecule has 0 spiro atoms. The van der Waals surface area contributed by atoms with Gasteiger partial charge in [0.2, 0.25) is 12.4 Å². The van der Waals surface area contributed by atoms with Gasteiger partial charge in [0, 0.05) is 19.2 Å². The minimum absolute atomic E-state index is 0.0811. The summed E-state index contributed by atoms with van der Waals surface area (Å²) in [4.78, 5) is 14.7. The van der Waals surface area contributed by atoms with E-state index >= 15 is 0 Å². The Labute approximate surface area is 59.2 Å². The Morgan fingerprint density at radius 1 is 1.70 bits per heavy atom. The molecule has 51 valence electrons. The first kappa shape index (κ1) is 6.74. The maximum atomic E-state index is 10.9. The van der Waals surface area contributed by atoms with Crippen LogP contribution >= 0.6 is 0 Å². The van der Waals surface area contributed by atoms with Gasteiger partial charge in [-0.2, -0.15) is 0 Å². The number of aliphatic imine (C=N–C) groups is 1. The summed E-state index contributed by atoms with van der Waals surface area (Å²) in [5, 5.41) is 2.51. The van der Waals surface area contributed by atoms with Crippen LogP contribution in [-0.4, -0.2) is 19.2 Å². The van der Waals surface area contributed by atoms with Crippen LogP contribution in [0.5, 0.6) is 0 Å². The van der Waals surface area contributed by atoms with Crippen LogP contribution in [-0.2, 0) is 4.79 Å². The van der Waals surface area contributed by atoms with Crippen LogP contribution in [0.15, 0.2) is 23.9 Å². The molecule has 3 nitrogen and oxygen atoms in total. The summed E-state index contributed by atoms with van der Waals surface area (Å²) in [7, 11) is 1.60. The molecule has 1 amide bonds. The van der Waals surface area contributed by atoms with Crippen molar-refractivity contribution in [3.63, 3.8) is 0 Å². The lowest BCUT2D eigenvalue weighted by atomic mass is 10.2.